The van der Waals surface area contributed by atoms with E-state index in [1.165, 1.54) is 0 Å². The fraction of sp³-hybridized carbons (Fsp3) is 0.750. The molecule has 0 spiro atoms. The second kappa shape index (κ2) is 3.22. The highest BCUT2D eigenvalue weighted by molar-refractivity contribution is 4.93. The van der Waals surface area contributed by atoms with Gasteiger partial charge in [0, 0.05) is 11.8 Å². The zero-order valence-corrected chi connectivity index (χ0v) is 5.88. The van der Waals surface area contributed by atoms with Gasteiger partial charge < -0.3 is 0 Å². The molecule has 0 N–H and O–H groups in total. The standard InChI is InChI=1S/C8H10N2/c9-5-7-1-2-8(6-10)4-3-7/h7-8H,1-4H2/t7-,8-. The van der Waals surface area contributed by atoms with E-state index in [9.17, 15) is 0 Å². The molecule has 0 aliphatic heterocycles. The van der Waals surface area contributed by atoms with Crippen molar-refractivity contribution in [2.24, 2.45) is 11.8 Å². The molecule has 0 unspecified atom stereocenters. The Morgan fingerprint density at radius 1 is 0.800 bits per heavy atom. The van der Waals surface area contributed by atoms with E-state index in [0.29, 0.717) is 0 Å². The van der Waals surface area contributed by atoms with Crippen molar-refractivity contribution in [1.29, 1.82) is 10.5 Å². The van der Waals surface area contributed by atoms with Crippen LogP contribution >= 0.6 is 0 Å². The second-order valence-electron chi connectivity index (χ2n) is 2.81. The molecule has 0 aromatic carbocycles. The lowest BCUT2D eigenvalue weighted by molar-refractivity contribution is 0.368. The number of rotatable bonds is 0. The van der Waals surface area contributed by atoms with Crippen molar-refractivity contribution in [3.05, 3.63) is 0 Å². The molecule has 52 valence electrons. The first kappa shape index (κ1) is 7.09. The zero-order valence-electron chi connectivity index (χ0n) is 5.88. The molecule has 2 heteroatoms. The van der Waals surface area contributed by atoms with Gasteiger partial charge in [-0.1, -0.05) is 0 Å². The number of nitrogens with zero attached hydrogens (tertiary/aromatic N) is 2. The average molecular weight is 134 g/mol. The van der Waals surface area contributed by atoms with Gasteiger partial charge in [-0.3, -0.25) is 0 Å². The van der Waals surface area contributed by atoms with Crippen LogP contribution in [0.5, 0.6) is 0 Å². The maximum Gasteiger partial charge on any atom is 0.0655 e. The Labute approximate surface area is 61.1 Å². The summed E-state index contributed by atoms with van der Waals surface area (Å²) < 4.78 is 0. The predicted octanol–water partition coefficient (Wildman–Crippen LogP) is 1.84. The minimum atomic E-state index is 0.226. The lowest BCUT2D eigenvalue weighted by atomic mass is 9.84. The summed E-state index contributed by atoms with van der Waals surface area (Å²) in [4.78, 5) is 0. The van der Waals surface area contributed by atoms with Crippen LogP contribution in [0, 0.1) is 34.5 Å². The van der Waals surface area contributed by atoms with Crippen molar-refractivity contribution in [1.82, 2.24) is 0 Å². The molecule has 1 saturated carbocycles. The monoisotopic (exact) mass is 134 g/mol. The lowest BCUT2D eigenvalue weighted by Crippen LogP contribution is -2.11. The summed E-state index contributed by atoms with van der Waals surface area (Å²) in [6.07, 6.45) is 3.70. The van der Waals surface area contributed by atoms with Gasteiger partial charge in [-0.25, -0.2) is 0 Å². The first-order valence-electron chi connectivity index (χ1n) is 3.66. The van der Waals surface area contributed by atoms with E-state index >= 15 is 0 Å². The molecule has 0 radical (unpaired) electrons. The molecule has 0 aromatic rings. The Bertz CT molecular complexity index is 154. The van der Waals surface area contributed by atoms with Crippen LogP contribution in [-0.4, -0.2) is 0 Å². The molecular weight excluding hydrogens is 124 g/mol. The zero-order chi connectivity index (χ0) is 7.40. The van der Waals surface area contributed by atoms with E-state index < -0.39 is 0 Å². The summed E-state index contributed by atoms with van der Waals surface area (Å²) in [6.45, 7) is 0. The smallest absolute Gasteiger partial charge is 0.0655 e. The van der Waals surface area contributed by atoms with Crippen LogP contribution in [-0.2, 0) is 0 Å². The molecule has 0 saturated heterocycles. The van der Waals surface area contributed by atoms with E-state index in [1.54, 1.807) is 0 Å². The van der Waals surface area contributed by atoms with Crippen molar-refractivity contribution in [2.45, 2.75) is 25.7 Å². The SMILES string of the molecule is N#C[C@H]1CC[C@H](C#N)CC1. The molecule has 1 fully saturated rings. The molecule has 0 atom stereocenters. The highest BCUT2D eigenvalue weighted by Gasteiger charge is 2.19. The van der Waals surface area contributed by atoms with Crippen molar-refractivity contribution in [3.8, 4) is 12.1 Å². The molecule has 1 rings (SSSR count). The highest BCUT2D eigenvalue weighted by atomic mass is 14.3. The van der Waals surface area contributed by atoms with Gasteiger partial charge in [0.05, 0.1) is 12.1 Å². The van der Waals surface area contributed by atoms with Crippen LogP contribution in [0.4, 0.5) is 0 Å². The molecule has 0 amide bonds. The Morgan fingerprint density at radius 2 is 1.10 bits per heavy atom. The largest absolute Gasteiger partial charge is 0.198 e. The Hall–Kier alpha value is -1.02. The third-order valence-electron chi connectivity index (χ3n) is 2.09. The minimum absolute atomic E-state index is 0.226. The number of hydrogen-bond acceptors (Lipinski definition) is 2. The maximum absolute atomic E-state index is 8.52. The van der Waals surface area contributed by atoms with E-state index in [0.717, 1.165) is 25.7 Å². The molecule has 2 nitrogen and oxygen atoms in total. The third-order valence-corrected chi connectivity index (χ3v) is 2.09. The molecule has 0 bridgehead atoms. The van der Waals surface area contributed by atoms with Gasteiger partial charge in [0.2, 0.25) is 0 Å². The number of hydrogen-bond donors (Lipinski definition) is 0. The van der Waals surface area contributed by atoms with Crippen LogP contribution in [0.1, 0.15) is 25.7 Å². The summed E-state index contributed by atoms with van der Waals surface area (Å²) in [5.41, 5.74) is 0. The molecular formula is C8H10N2. The van der Waals surface area contributed by atoms with Crippen molar-refractivity contribution in [3.63, 3.8) is 0 Å². The topological polar surface area (TPSA) is 47.6 Å². The van der Waals surface area contributed by atoms with E-state index in [4.69, 9.17) is 10.5 Å². The van der Waals surface area contributed by atoms with Crippen LogP contribution in [0.25, 0.3) is 0 Å². The minimum Gasteiger partial charge on any atom is -0.198 e. The summed E-state index contributed by atoms with van der Waals surface area (Å²) in [5.74, 6) is 0.453. The van der Waals surface area contributed by atoms with Gasteiger partial charge in [0.15, 0.2) is 0 Å². The molecule has 1 aliphatic carbocycles. The van der Waals surface area contributed by atoms with Crippen molar-refractivity contribution >= 4 is 0 Å². The molecule has 0 aromatic heterocycles. The lowest BCUT2D eigenvalue weighted by Gasteiger charge is -2.18. The molecule has 10 heavy (non-hydrogen) atoms. The van der Waals surface area contributed by atoms with Gasteiger partial charge in [0.25, 0.3) is 0 Å². The summed E-state index contributed by atoms with van der Waals surface area (Å²) >= 11 is 0. The summed E-state index contributed by atoms with van der Waals surface area (Å²) in [5, 5.41) is 17.0. The Morgan fingerprint density at radius 3 is 1.30 bits per heavy atom. The highest BCUT2D eigenvalue weighted by Crippen LogP contribution is 2.27. The fourth-order valence-corrected chi connectivity index (χ4v) is 1.35. The maximum atomic E-state index is 8.52. The van der Waals surface area contributed by atoms with Crippen molar-refractivity contribution < 1.29 is 0 Å². The van der Waals surface area contributed by atoms with Gasteiger partial charge in [-0.05, 0) is 25.7 Å². The van der Waals surface area contributed by atoms with Crippen molar-refractivity contribution in [2.75, 3.05) is 0 Å². The van der Waals surface area contributed by atoms with Crippen LogP contribution < -0.4 is 0 Å². The predicted molar refractivity (Wildman–Crippen MR) is 36.7 cm³/mol. The Kier molecular flexibility index (Phi) is 2.29. The Balaban J connectivity index is 2.34. The number of nitriles is 2. The average Bonchev–Trinajstić information content (AvgIpc) is 2.05. The van der Waals surface area contributed by atoms with Gasteiger partial charge >= 0.3 is 0 Å². The molecule has 0 heterocycles. The summed E-state index contributed by atoms with van der Waals surface area (Å²) in [6, 6.07) is 4.48. The fourth-order valence-electron chi connectivity index (χ4n) is 1.35. The quantitative estimate of drug-likeness (QED) is 0.507. The van der Waals surface area contributed by atoms with E-state index in [-0.39, 0.29) is 11.8 Å². The van der Waals surface area contributed by atoms with Crippen LogP contribution in [0.2, 0.25) is 0 Å². The summed E-state index contributed by atoms with van der Waals surface area (Å²) in [7, 11) is 0. The first-order valence-corrected chi connectivity index (χ1v) is 3.66. The normalized spacial score (nSPS) is 32.2. The van der Waals surface area contributed by atoms with Gasteiger partial charge in [0.1, 0.15) is 0 Å². The van der Waals surface area contributed by atoms with Crippen LogP contribution in [0.15, 0.2) is 0 Å². The third kappa shape index (κ3) is 1.48. The van der Waals surface area contributed by atoms with Gasteiger partial charge in [-0.2, -0.15) is 10.5 Å². The van der Waals surface area contributed by atoms with E-state index in [2.05, 4.69) is 12.1 Å². The second-order valence-corrected chi connectivity index (χ2v) is 2.81. The first-order chi connectivity index (χ1) is 4.86. The van der Waals surface area contributed by atoms with Crippen LogP contribution in [0.3, 0.4) is 0 Å². The molecule has 1 aliphatic rings. The van der Waals surface area contributed by atoms with E-state index in [1.807, 2.05) is 0 Å². The van der Waals surface area contributed by atoms with Gasteiger partial charge in [-0.15, -0.1) is 0 Å².